The first kappa shape index (κ1) is 15.5. The fourth-order valence-electron chi connectivity index (χ4n) is 2.22. The molecule has 0 fully saturated rings. The maximum atomic E-state index is 12.7. The molecule has 2 aromatic rings. The summed E-state index contributed by atoms with van der Waals surface area (Å²) in [7, 11) is 1.29. The molecule has 0 aliphatic rings. The second kappa shape index (κ2) is 6.26. The fraction of sp³-hybridized carbons (Fsp3) is 0.400. The van der Waals surface area contributed by atoms with Gasteiger partial charge < -0.3 is 4.74 Å². The van der Waals surface area contributed by atoms with Gasteiger partial charge in [-0.05, 0) is 25.5 Å². The van der Waals surface area contributed by atoms with Gasteiger partial charge in [-0.3, -0.25) is 9.36 Å². The number of hydrogen-bond donors (Lipinski definition) is 0. The van der Waals surface area contributed by atoms with Gasteiger partial charge in [0, 0.05) is 0 Å². The first-order valence-corrected chi connectivity index (χ1v) is 7.18. The highest BCUT2D eigenvalue weighted by Crippen LogP contribution is 2.25. The highest BCUT2D eigenvalue weighted by molar-refractivity contribution is 6.20. The lowest BCUT2D eigenvalue weighted by Crippen LogP contribution is -2.33. The first-order chi connectivity index (χ1) is 10.0. The number of alkyl halides is 1. The number of benzene rings is 1. The number of para-hydroxylation sites is 1. The molecule has 0 saturated carbocycles. The van der Waals surface area contributed by atoms with E-state index in [4.69, 9.17) is 16.3 Å². The Hall–Kier alpha value is -1.88. The highest BCUT2D eigenvalue weighted by Gasteiger charge is 2.25. The Bertz CT molecular complexity index is 726. The molecule has 0 spiro atoms. The summed E-state index contributed by atoms with van der Waals surface area (Å²) in [5, 5.41) is 0.00591. The molecule has 2 atom stereocenters. The molecule has 0 aliphatic heterocycles. The molecular formula is C15H17ClN2O3. The normalized spacial score (nSPS) is 13.9. The quantitative estimate of drug-likeness (QED) is 0.643. The van der Waals surface area contributed by atoms with Gasteiger partial charge in [-0.1, -0.05) is 19.1 Å². The first-order valence-electron chi connectivity index (χ1n) is 6.74. The minimum absolute atomic E-state index is 0.285. The monoisotopic (exact) mass is 308 g/mol. The second-order valence-corrected chi connectivity index (χ2v) is 5.26. The summed E-state index contributed by atoms with van der Waals surface area (Å²) in [5.41, 5.74) is 0.289. The van der Waals surface area contributed by atoms with Crippen LogP contribution in [-0.4, -0.2) is 22.6 Å². The van der Waals surface area contributed by atoms with Gasteiger partial charge in [-0.2, -0.15) is 0 Å². The summed E-state index contributed by atoms with van der Waals surface area (Å²) >= 11 is 6.29. The van der Waals surface area contributed by atoms with Gasteiger partial charge in [0.25, 0.3) is 5.56 Å². The average molecular weight is 309 g/mol. The van der Waals surface area contributed by atoms with Gasteiger partial charge >= 0.3 is 5.97 Å². The molecule has 5 nitrogen and oxygen atoms in total. The van der Waals surface area contributed by atoms with E-state index in [1.807, 2.05) is 13.0 Å². The predicted octanol–water partition coefficient (Wildman–Crippen LogP) is 2.82. The maximum absolute atomic E-state index is 12.7. The zero-order valence-corrected chi connectivity index (χ0v) is 12.9. The Kier molecular flexibility index (Phi) is 4.63. The molecule has 1 aromatic heterocycles. The van der Waals surface area contributed by atoms with Crippen LogP contribution in [0, 0.1) is 0 Å². The van der Waals surface area contributed by atoms with Gasteiger partial charge in [0.05, 0.1) is 23.4 Å². The third-order valence-electron chi connectivity index (χ3n) is 3.40. The van der Waals surface area contributed by atoms with Crippen molar-refractivity contribution in [1.29, 1.82) is 0 Å². The number of carbonyl (C=O) groups is 1. The number of carbonyl (C=O) groups excluding carboxylic acids is 1. The van der Waals surface area contributed by atoms with E-state index in [1.54, 1.807) is 25.1 Å². The van der Waals surface area contributed by atoms with Crippen molar-refractivity contribution < 1.29 is 9.53 Å². The van der Waals surface area contributed by atoms with Crippen molar-refractivity contribution in [2.45, 2.75) is 31.7 Å². The lowest BCUT2D eigenvalue weighted by molar-refractivity contribution is -0.144. The smallest absolute Gasteiger partial charge is 0.328 e. The van der Waals surface area contributed by atoms with E-state index in [0.29, 0.717) is 23.1 Å². The molecule has 1 aromatic carbocycles. The summed E-state index contributed by atoms with van der Waals surface area (Å²) in [6.07, 6.45) is 0.597. The molecule has 1 heterocycles. The number of hydrogen-bond acceptors (Lipinski definition) is 4. The van der Waals surface area contributed by atoms with Gasteiger partial charge in [-0.25, -0.2) is 9.78 Å². The van der Waals surface area contributed by atoms with Crippen molar-refractivity contribution in [2.24, 2.45) is 0 Å². The number of halogens is 1. The van der Waals surface area contributed by atoms with Crippen LogP contribution in [0.1, 0.15) is 37.5 Å². The molecule has 0 saturated heterocycles. The molecule has 2 rings (SSSR count). The molecule has 2 unspecified atom stereocenters. The van der Waals surface area contributed by atoms with Gasteiger partial charge in [0.15, 0.2) is 0 Å². The van der Waals surface area contributed by atoms with Crippen molar-refractivity contribution in [1.82, 2.24) is 9.55 Å². The number of ether oxygens (including phenoxy) is 1. The Morgan fingerprint density at radius 3 is 2.71 bits per heavy atom. The summed E-state index contributed by atoms with van der Waals surface area (Å²) in [5.74, 6) is -0.115. The van der Waals surface area contributed by atoms with Gasteiger partial charge in [0.2, 0.25) is 0 Å². The van der Waals surface area contributed by atoms with Gasteiger partial charge in [-0.15, -0.1) is 11.6 Å². The van der Waals surface area contributed by atoms with Crippen LogP contribution in [-0.2, 0) is 9.53 Å². The summed E-state index contributed by atoms with van der Waals surface area (Å²) in [6.45, 7) is 3.50. The third kappa shape index (κ3) is 2.78. The number of nitrogens with zero attached hydrogens (tertiary/aromatic N) is 2. The van der Waals surface area contributed by atoms with Crippen LogP contribution in [0.4, 0.5) is 0 Å². The number of fused-ring (bicyclic) bond motifs is 1. The predicted molar refractivity (Wildman–Crippen MR) is 81.6 cm³/mol. The molecular weight excluding hydrogens is 292 g/mol. The van der Waals surface area contributed by atoms with E-state index in [9.17, 15) is 9.59 Å². The Labute approximate surface area is 127 Å². The Morgan fingerprint density at radius 2 is 2.10 bits per heavy atom. The van der Waals surface area contributed by atoms with Crippen molar-refractivity contribution in [3.8, 4) is 0 Å². The van der Waals surface area contributed by atoms with E-state index < -0.39 is 17.4 Å². The zero-order chi connectivity index (χ0) is 15.6. The second-order valence-electron chi connectivity index (χ2n) is 4.74. The Balaban J connectivity index is 2.79. The van der Waals surface area contributed by atoms with Crippen LogP contribution in [0.25, 0.3) is 10.9 Å². The minimum atomic E-state index is -0.776. The number of esters is 1. The van der Waals surface area contributed by atoms with Crippen molar-refractivity contribution in [3.05, 3.63) is 40.4 Å². The fourth-order valence-corrected chi connectivity index (χ4v) is 2.37. The van der Waals surface area contributed by atoms with E-state index in [0.717, 1.165) is 0 Å². The van der Waals surface area contributed by atoms with Crippen LogP contribution < -0.4 is 5.56 Å². The molecule has 0 bridgehead atoms. The van der Waals surface area contributed by atoms with E-state index in [2.05, 4.69) is 4.98 Å². The summed E-state index contributed by atoms with van der Waals surface area (Å²) in [6, 6.07) is 6.23. The SMILES string of the molecule is CCC(Cl)c1nc2ccccc2c(=O)n1C(C)C(=O)OC. The molecule has 112 valence electrons. The number of rotatable bonds is 4. The lowest BCUT2D eigenvalue weighted by Gasteiger charge is -2.20. The third-order valence-corrected chi connectivity index (χ3v) is 3.91. The van der Waals surface area contributed by atoms with Crippen LogP contribution >= 0.6 is 11.6 Å². The highest BCUT2D eigenvalue weighted by atomic mass is 35.5. The van der Waals surface area contributed by atoms with Crippen molar-refractivity contribution in [3.63, 3.8) is 0 Å². The van der Waals surface area contributed by atoms with Crippen LogP contribution in [0.3, 0.4) is 0 Å². The molecule has 0 radical (unpaired) electrons. The lowest BCUT2D eigenvalue weighted by atomic mass is 10.2. The van der Waals surface area contributed by atoms with Crippen molar-refractivity contribution >= 4 is 28.5 Å². The van der Waals surface area contributed by atoms with Crippen LogP contribution in [0.5, 0.6) is 0 Å². The maximum Gasteiger partial charge on any atom is 0.328 e. The number of methoxy groups -OCH3 is 1. The topological polar surface area (TPSA) is 61.2 Å². The zero-order valence-electron chi connectivity index (χ0n) is 12.2. The van der Waals surface area contributed by atoms with Gasteiger partial charge in [0.1, 0.15) is 11.9 Å². The molecule has 0 amide bonds. The molecule has 21 heavy (non-hydrogen) atoms. The average Bonchev–Trinajstić information content (AvgIpc) is 2.52. The molecule has 0 aliphatic carbocycles. The standard InChI is InChI=1S/C15H17ClN2O3/c1-4-11(16)13-17-12-8-6-5-7-10(12)14(19)18(13)9(2)15(20)21-3/h5-9,11H,4H2,1-3H3. The summed E-state index contributed by atoms with van der Waals surface area (Å²) in [4.78, 5) is 29.0. The number of aromatic nitrogens is 2. The molecule has 0 N–H and O–H groups in total. The van der Waals surface area contributed by atoms with Crippen LogP contribution in [0.15, 0.2) is 29.1 Å². The van der Waals surface area contributed by atoms with E-state index in [-0.39, 0.29) is 5.56 Å². The van der Waals surface area contributed by atoms with Crippen LogP contribution in [0.2, 0.25) is 0 Å². The van der Waals surface area contributed by atoms with E-state index in [1.165, 1.54) is 11.7 Å². The largest absolute Gasteiger partial charge is 0.467 e. The summed E-state index contributed by atoms with van der Waals surface area (Å²) < 4.78 is 6.06. The molecule has 6 heteroatoms. The minimum Gasteiger partial charge on any atom is -0.467 e. The van der Waals surface area contributed by atoms with Crippen molar-refractivity contribution in [2.75, 3.05) is 7.11 Å². The van der Waals surface area contributed by atoms with E-state index >= 15 is 0 Å². The Morgan fingerprint density at radius 1 is 1.43 bits per heavy atom.